The fraction of sp³-hybridized carbons (Fsp3) is 0.789. The molecule has 5 nitrogen and oxygen atoms in total. The molecule has 0 unspecified atom stereocenters. The Morgan fingerprint density at radius 3 is 2.62 bits per heavy atom. The van der Waals surface area contributed by atoms with Crippen LogP contribution in [0, 0.1) is 5.92 Å². The largest absolute Gasteiger partial charge is 0.356 e. The highest BCUT2D eigenvalue weighted by molar-refractivity contribution is 5.78. The molecule has 0 radical (unpaired) electrons. The normalized spacial score (nSPS) is 20.6. The van der Waals surface area contributed by atoms with Gasteiger partial charge in [0.15, 0.2) is 0 Å². The molecule has 1 saturated heterocycles. The lowest BCUT2D eigenvalue weighted by atomic mass is 9.95. The summed E-state index contributed by atoms with van der Waals surface area (Å²) in [4.78, 5) is 14.6. The first kappa shape index (κ1) is 17.5. The van der Waals surface area contributed by atoms with Gasteiger partial charge in [0.2, 0.25) is 5.91 Å². The van der Waals surface area contributed by atoms with Crippen molar-refractivity contribution in [2.75, 3.05) is 19.6 Å². The van der Waals surface area contributed by atoms with Crippen LogP contribution in [-0.4, -0.2) is 40.2 Å². The molecule has 1 aliphatic heterocycles. The number of aromatic nitrogens is 2. The van der Waals surface area contributed by atoms with Gasteiger partial charge in [0.05, 0.1) is 5.69 Å². The number of nitrogens with one attached hydrogen (secondary N) is 1. The second-order valence-corrected chi connectivity index (χ2v) is 7.54. The Balaban J connectivity index is 1.54. The monoisotopic (exact) mass is 332 g/mol. The molecule has 5 heteroatoms. The minimum atomic E-state index is 0.205. The third-order valence-electron chi connectivity index (χ3n) is 5.58. The first-order valence-electron chi connectivity index (χ1n) is 9.70. The molecule has 24 heavy (non-hydrogen) atoms. The van der Waals surface area contributed by atoms with Crippen LogP contribution in [0.25, 0.3) is 0 Å². The third-order valence-corrected chi connectivity index (χ3v) is 5.58. The summed E-state index contributed by atoms with van der Waals surface area (Å²) in [5, 5.41) is 7.81. The van der Waals surface area contributed by atoms with E-state index in [9.17, 15) is 4.79 Å². The van der Waals surface area contributed by atoms with E-state index in [0.29, 0.717) is 5.92 Å². The first-order valence-corrected chi connectivity index (χ1v) is 9.70. The molecule has 3 rings (SSSR count). The van der Waals surface area contributed by atoms with Gasteiger partial charge in [-0.15, -0.1) is 0 Å². The smallest absolute Gasteiger partial charge is 0.223 e. The molecule has 0 bridgehead atoms. The van der Waals surface area contributed by atoms with Gasteiger partial charge < -0.3 is 5.32 Å². The lowest BCUT2D eigenvalue weighted by Gasteiger charge is -2.31. The summed E-state index contributed by atoms with van der Waals surface area (Å²) in [6, 6.07) is 0. The molecule has 0 spiro atoms. The average Bonchev–Trinajstić information content (AvgIpc) is 3.23. The molecule has 1 N–H and O–H groups in total. The van der Waals surface area contributed by atoms with Gasteiger partial charge in [-0.05, 0) is 45.2 Å². The molecule has 1 aromatic rings. The number of likely N-dealkylation sites (tertiary alicyclic amines) is 1. The van der Waals surface area contributed by atoms with Gasteiger partial charge in [-0.25, -0.2) is 0 Å². The summed E-state index contributed by atoms with van der Waals surface area (Å²) in [7, 11) is 2.03. The van der Waals surface area contributed by atoms with Crippen molar-refractivity contribution in [1.82, 2.24) is 20.0 Å². The summed E-state index contributed by atoms with van der Waals surface area (Å²) < 4.78 is 1.98. The number of nitrogens with zero attached hydrogens (tertiary/aromatic N) is 3. The van der Waals surface area contributed by atoms with Crippen molar-refractivity contribution in [3.63, 3.8) is 0 Å². The van der Waals surface area contributed by atoms with E-state index in [1.165, 1.54) is 36.9 Å². The van der Waals surface area contributed by atoms with Gasteiger partial charge in [0.1, 0.15) is 0 Å². The minimum Gasteiger partial charge on any atom is -0.356 e. The van der Waals surface area contributed by atoms with E-state index in [2.05, 4.69) is 23.3 Å². The Kier molecular flexibility index (Phi) is 5.93. The van der Waals surface area contributed by atoms with E-state index < -0.39 is 0 Å². The van der Waals surface area contributed by atoms with E-state index in [-0.39, 0.29) is 11.8 Å². The summed E-state index contributed by atoms with van der Waals surface area (Å²) >= 11 is 0. The Labute approximate surface area is 145 Å². The van der Waals surface area contributed by atoms with E-state index in [4.69, 9.17) is 5.10 Å². The van der Waals surface area contributed by atoms with Gasteiger partial charge in [0, 0.05) is 43.7 Å². The highest BCUT2D eigenvalue weighted by Crippen LogP contribution is 2.35. The van der Waals surface area contributed by atoms with Crippen molar-refractivity contribution in [2.45, 2.75) is 64.3 Å². The van der Waals surface area contributed by atoms with E-state index in [0.717, 1.165) is 45.4 Å². The average molecular weight is 332 g/mol. The van der Waals surface area contributed by atoms with Crippen LogP contribution < -0.4 is 5.32 Å². The Morgan fingerprint density at radius 1 is 1.25 bits per heavy atom. The summed E-state index contributed by atoms with van der Waals surface area (Å²) in [5.74, 6) is 1.12. The number of piperidine rings is 1. The molecule has 1 amide bonds. The van der Waals surface area contributed by atoms with Gasteiger partial charge in [-0.2, -0.15) is 5.10 Å². The van der Waals surface area contributed by atoms with E-state index in [1.54, 1.807) is 0 Å². The van der Waals surface area contributed by atoms with Crippen molar-refractivity contribution in [3.05, 3.63) is 17.5 Å². The topological polar surface area (TPSA) is 50.2 Å². The number of aryl methyl sites for hydroxylation is 1. The van der Waals surface area contributed by atoms with E-state index >= 15 is 0 Å². The lowest BCUT2D eigenvalue weighted by Crippen LogP contribution is -2.40. The van der Waals surface area contributed by atoms with Crippen molar-refractivity contribution in [1.29, 1.82) is 0 Å². The number of amides is 1. The maximum atomic E-state index is 12.1. The Hall–Kier alpha value is -1.36. The predicted octanol–water partition coefficient (Wildman–Crippen LogP) is 2.82. The molecule has 0 aromatic carbocycles. The van der Waals surface area contributed by atoms with E-state index in [1.807, 2.05) is 11.7 Å². The fourth-order valence-corrected chi connectivity index (χ4v) is 4.21. The SMILES string of the molecule is CCCNC(=O)C1CCN(Cc2cn(C)nc2C2CCCC2)CC1. The minimum absolute atomic E-state index is 0.205. The molecule has 1 saturated carbocycles. The Morgan fingerprint density at radius 2 is 1.96 bits per heavy atom. The van der Waals surface area contributed by atoms with Crippen LogP contribution in [-0.2, 0) is 18.4 Å². The zero-order valence-corrected chi connectivity index (χ0v) is 15.3. The Bertz CT molecular complexity index is 540. The maximum Gasteiger partial charge on any atom is 0.223 e. The van der Waals surface area contributed by atoms with Crippen LogP contribution in [0.15, 0.2) is 6.20 Å². The zero-order chi connectivity index (χ0) is 16.9. The fourth-order valence-electron chi connectivity index (χ4n) is 4.21. The molecule has 1 aromatic heterocycles. The zero-order valence-electron chi connectivity index (χ0n) is 15.3. The number of carbonyl (C=O) groups excluding carboxylic acids is 1. The van der Waals surface area contributed by atoms with Crippen LogP contribution >= 0.6 is 0 Å². The number of carbonyl (C=O) groups is 1. The van der Waals surface area contributed by atoms with Crippen LogP contribution in [0.3, 0.4) is 0 Å². The van der Waals surface area contributed by atoms with Gasteiger partial charge >= 0.3 is 0 Å². The quantitative estimate of drug-likeness (QED) is 0.871. The summed E-state index contributed by atoms with van der Waals surface area (Å²) in [6.07, 6.45) is 10.5. The van der Waals surface area contributed by atoms with Crippen LogP contribution in [0.1, 0.15) is 69.0 Å². The van der Waals surface area contributed by atoms with Crippen molar-refractivity contribution < 1.29 is 4.79 Å². The summed E-state index contributed by atoms with van der Waals surface area (Å²) in [5.41, 5.74) is 2.73. The van der Waals surface area contributed by atoms with Crippen molar-refractivity contribution >= 4 is 5.91 Å². The molecule has 2 fully saturated rings. The highest BCUT2D eigenvalue weighted by Gasteiger charge is 2.27. The second kappa shape index (κ2) is 8.15. The van der Waals surface area contributed by atoms with Gasteiger partial charge in [-0.3, -0.25) is 14.4 Å². The molecule has 134 valence electrons. The molecular formula is C19H32N4O. The molecule has 1 aliphatic carbocycles. The van der Waals surface area contributed by atoms with Crippen LogP contribution in [0.4, 0.5) is 0 Å². The number of hydrogen-bond acceptors (Lipinski definition) is 3. The highest BCUT2D eigenvalue weighted by atomic mass is 16.1. The number of rotatable bonds is 6. The maximum absolute atomic E-state index is 12.1. The first-order chi connectivity index (χ1) is 11.7. The molecular weight excluding hydrogens is 300 g/mol. The lowest BCUT2D eigenvalue weighted by molar-refractivity contribution is -0.126. The number of hydrogen-bond donors (Lipinski definition) is 1. The van der Waals surface area contributed by atoms with Gasteiger partial charge in [-0.1, -0.05) is 19.8 Å². The van der Waals surface area contributed by atoms with Gasteiger partial charge in [0.25, 0.3) is 0 Å². The van der Waals surface area contributed by atoms with Crippen molar-refractivity contribution in [2.24, 2.45) is 13.0 Å². The third kappa shape index (κ3) is 4.18. The predicted molar refractivity (Wildman–Crippen MR) is 95.7 cm³/mol. The molecule has 0 atom stereocenters. The molecule has 2 heterocycles. The second-order valence-electron chi connectivity index (χ2n) is 7.54. The standard InChI is InChI=1S/C19H32N4O/c1-3-10-20-19(24)16-8-11-23(12-9-16)14-17-13-22(2)21-18(17)15-6-4-5-7-15/h13,15-16H,3-12,14H2,1-2H3,(H,20,24). The van der Waals surface area contributed by atoms with Crippen LogP contribution in [0.2, 0.25) is 0 Å². The summed E-state index contributed by atoms with van der Waals surface area (Å²) in [6.45, 7) is 5.92. The molecule has 2 aliphatic rings. The van der Waals surface area contributed by atoms with Crippen molar-refractivity contribution in [3.8, 4) is 0 Å². The van der Waals surface area contributed by atoms with Crippen LogP contribution in [0.5, 0.6) is 0 Å².